The van der Waals surface area contributed by atoms with E-state index in [2.05, 4.69) is 0 Å². The third-order valence-electron chi connectivity index (χ3n) is 1.90. The van der Waals surface area contributed by atoms with Crippen LogP contribution in [-0.4, -0.2) is 11.6 Å². The predicted octanol–water partition coefficient (Wildman–Crippen LogP) is 2.61. The van der Waals surface area contributed by atoms with E-state index in [4.69, 9.17) is 0 Å². The summed E-state index contributed by atoms with van der Waals surface area (Å²) >= 11 is 0. The molecule has 0 spiro atoms. The number of allylic oxidation sites excluding steroid dienone is 2. The van der Waals surface area contributed by atoms with Crippen molar-refractivity contribution in [2.24, 2.45) is 0 Å². The highest BCUT2D eigenvalue weighted by molar-refractivity contribution is 5.40. The van der Waals surface area contributed by atoms with Gasteiger partial charge in [-0.15, -0.1) is 0 Å². The summed E-state index contributed by atoms with van der Waals surface area (Å²) in [4.78, 5) is 0. The van der Waals surface area contributed by atoms with Gasteiger partial charge in [-0.3, -0.25) is 0 Å². The number of hydrogen-bond acceptors (Lipinski definition) is 0. The van der Waals surface area contributed by atoms with Crippen molar-refractivity contribution in [2.45, 2.75) is 25.4 Å². The van der Waals surface area contributed by atoms with Crippen LogP contribution in [0.3, 0.4) is 0 Å². The second kappa shape index (κ2) is 1.54. The molecule has 58 valence electrons. The lowest BCUT2D eigenvalue weighted by molar-refractivity contribution is -0.127. The average molecular weight is 154 g/mol. The van der Waals surface area contributed by atoms with Gasteiger partial charge in [-0.25, -0.2) is 8.78 Å². The fourth-order valence-corrected chi connectivity index (χ4v) is 0.821. The van der Waals surface area contributed by atoms with Crippen molar-refractivity contribution in [3.8, 4) is 0 Å². The summed E-state index contributed by atoms with van der Waals surface area (Å²) in [5.74, 6) is -5.53. The van der Waals surface area contributed by atoms with E-state index in [1.54, 1.807) is 0 Å². The largest absolute Gasteiger partial charge is 0.335 e. The second-order valence-corrected chi connectivity index (χ2v) is 2.52. The molecule has 0 amide bonds. The molecular weight excluding hydrogens is 148 g/mol. The second-order valence-electron chi connectivity index (χ2n) is 2.52. The minimum atomic E-state index is -3.91. The number of alkyl halides is 3. The van der Waals surface area contributed by atoms with Gasteiger partial charge in [0.25, 0.3) is 0 Å². The van der Waals surface area contributed by atoms with E-state index >= 15 is 0 Å². The summed E-state index contributed by atoms with van der Waals surface area (Å²) in [6, 6.07) is 0. The molecule has 0 bridgehead atoms. The zero-order valence-electron chi connectivity index (χ0n) is 5.51. The molecule has 0 fully saturated rings. The van der Waals surface area contributed by atoms with Crippen molar-refractivity contribution in [2.75, 3.05) is 0 Å². The Morgan fingerprint density at radius 3 is 1.70 bits per heavy atom. The number of hydrogen-bond donors (Lipinski definition) is 0. The first kappa shape index (κ1) is 7.57. The quantitative estimate of drug-likeness (QED) is 0.470. The van der Waals surface area contributed by atoms with E-state index < -0.39 is 23.0 Å². The predicted molar refractivity (Wildman–Crippen MR) is 28.3 cm³/mol. The van der Waals surface area contributed by atoms with Crippen molar-refractivity contribution < 1.29 is 17.6 Å². The molecule has 0 aromatic carbocycles. The Kier molecular flexibility index (Phi) is 1.17. The Balaban J connectivity index is 3.10. The van der Waals surface area contributed by atoms with Gasteiger partial charge in [-0.05, 0) is 13.8 Å². The first-order chi connectivity index (χ1) is 4.32. The standard InChI is InChI=1S/C6H6F4/c1-3-4(7)6(9,10)5(3,2)8/h1-2H3. The molecule has 0 saturated carbocycles. The summed E-state index contributed by atoms with van der Waals surface area (Å²) < 4.78 is 49.0. The van der Waals surface area contributed by atoms with Crippen LogP contribution >= 0.6 is 0 Å². The molecule has 1 aliphatic rings. The van der Waals surface area contributed by atoms with Crippen LogP contribution < -0.4 is 0 Å². The molecule has 0 radical (unpaired) electrons. The molecule has 0 aromatic rings. The summed E-state index contributed by atoms with van der Waals surface area (Å²) in [7, 11) is 0. The van der Waals surface area contributed by atoms with Crippen LogP contribution in [0.1, 0.15) is 13.8 Å². The molecule has 0 nitrogen and oxygen atoms in total. The average Bonchev–Trinajstić information content (AvgIpc) is 1.84. The maximum Gasteiger partial charge on any atom is 0.335 e. The monoisotopic (exact) mass is 154 g/mol. The van der Waals surface area contributed by atoms with E-state index in [0.29, 0.717) is 6.92 Å². The highest BCUT2D eigenvalue weighted by Crippen LogP contribution is 2.54. The summed E-state index contributed by atoms with van der Waals surface area (Å²) in [6.45, 7) is 1.69. The first-order valence-electron chi connectivity index (χ1n) is 2.76. The fourth-order valence-electron chi connectivity index (χ4n) is 0.821. The van der Waals surface area contributed by atoms with E-state index in [1.165, 1.54) is 0 Å². The normalized spacial score (nSPS) is 37.8. The zero-order chi connectivity index (χ0) is 8.15. The lowest BCUT2D eigenvalue weighted by atomic mass is 9.79. The van der Waals surface area contributed by atoms with Gasteiger partial charge in [-0.1, -0.05) is 0 Å². The molecule has 1 aliphatic carbocycles. The minimum Gasteiger partial charge on any atom is -0.232 e. The SMILES string of the molecule is CC1=C(F)C(F)(F)C1(C)F. The van der Waals surface area contributed by atoms with Gasteiger partial charge in [0.2, 0.25) is 5.67 Å². The Morgan fingerprint density at radius 1 is 1.20 bits per heavy atom. The lowest BCUT2D eigenvalue weighted by Gasteiger charge is -2.39. The van der Waals surface area contributed by atoms with Crippen LogP contribution in [0, 0.1) is 0 Å². The summed E-state index contributed by atoms with van der Waals surface area (Å²) in [6.07, 6.45) is 0. The van der Waals surface area contributed by atoms with Crippen molar-refractivity contribution in [1.82, 2.24) is 0 Å². The lowest BCUT2D eigenvalue weighted by Crippen LogP contribution is -2.52. The molecule has 1 unspecified atom stereocenters. The van der Waals surface area contributed by atoms with Gasteiger partial charge in [0.05, 0.1) is 0 Å². The zero-order valence-corrected chi connectivity index (χ0v) is 5.51. The van der Waals surface area contributed by atoms with Crippen LogP contribution in [0.5, 0.6) is 0 Å². The highest BCUT2D eigenvalue weighted by Gasteiger charge is 2.66. The van der Waals surface area contributed by atoms with E-state index in [-0.39, 0.29) is 0 Å². The molecule has 1 rings (SSSR count). The third-order valence-corrected chi connectivity index (χ3v) is 1.90. The van der Waals surface area contributed by atoms with Crippen molar-refractivity contribution >= 4 is 0 Å². The van der Waals surface area contributed by atoms with E-state index in [9.17, 15) is 17.6 Å². The molecule has 1 atom stereocenters. The van der Waals surface area contributed by atoms with Gasteiger partial charge in [-0.2, -0.15) is 8.78 Å². The molecule has 0 saturated heterocycles. The number of halogens is 4. The van der Waals surface area contributed by atoms with Gasteiger partial charge >= 0.3 is 5.92 Å². The van der Waals surface area contributed by atoms with Gasteiger partial charge in [0.1, 0.15) is 0 Å². The molecule has 10 heavy (non-hydrogen) atoms. The first-order valence-corrected chi connectivity index (χ1v) is 2.76. The van der Waals surface area contributed by atoms with Crippen LogP contribution in [0.15, 0.2) is 11.4 Å². The van der Waals surface area contributed by atoms with Crippen molar-refractivity contribution in [3.63, 3.8) is 0 Å². The van der Waals surface area contributed by atoms with Gasteiger partial charge < -0.3 is 0 Å². The third kappa shape index (κ3) is 0.520. The Hall–Kier alpha value is -0.540. The molecule has 0 aromatic heterocycles. The van der Waals surface area contributed by atoms with Crippen LogP contribution in [0.25, 0.3) is 0 Å². The van der Waals surface area contributed by atoms with Crippen LogP contribution in [0.2, 0.25) is 0 Å². The van der Waals surface area contributed by atoms with E-state index in [1.807, 2.05) is 0 Å². The highest BCUT2D eigenvalue weighted by atomic mass is 19.3. The van der Waals surface area contributed by atoms with Crippen LogP contribution in [0.4, 0.5) is 17.6 Å². The molecule has 0 heterocycles. The maximum absolute atomic E-state index is 12.6. The van der Waals surface area contributed by atoms with Crippen molar-refractivity contribution in [3.05, 3.63) is 11.4 Å². The van der Waals surface area contributed by atoms with Gasteiger partial charge in [0, 0.05) is 5.57 Å². The fraction of sp³-hybridized carbons (Fsp3) is 0.667. The molecule has 0 aliphatic heterocycles. The van der Waals surface area contributed by atoms with Gasteiger partial charge in [0.15, 0.2) is 5.83 Å². The Labute approximate surface area is 55.5 Å². The Bertz CT molecular complexity index is 180. The van der Waals surface area contributed by atoms with E-state index in [0.717, 1.165) is 6.92 Å². The molecule has 4 heteroatoms. The van der Waals surface area contributed by atoms with Crippen LogP contribution in [-0.2, 0) is 0 Å². The molecular formula is C6H6F4. The smallest absolute Gasteiger partial charge is 0.232 e. The maximum atomic E-state index is 12.6. The summed E-state index contributed by atoms with van der Waals surface area (Å²) in [5.41, 5.74) is -3.28. The molecule has 0 N–H and O–H groups in total. The summed E-state index contributed by atoms with van der Waals surface area (Å²) in [5, 5.41) is 0. The minimum absolute atomic E-state index is 0.502. The number of rotatable bonds is 0. The Morgan fingerprint density at radius 2 is 1.60 bits per heavy atom. The topological polar surface area (TPSA) is 0 Å². The van der Waals surface area contributed by atoms with Crippen molar-refractivity contribution in [1.29, 1.82) is 0 Å².